The van der Waals surface area contributed by atoms with Gasteiger partial charge in [0.2, 0.25) is 5.82 Å². The molecule has 182 valence electrons. The summed E-state index contributed by atoms with van der Waals surface area (Å²) in [6, 6.07) is 16.0. The summed E-state index contributed by atoms with van der Waals surface area (Å²) in [4.78, 5) is 0. The Balaban J connectivity index is 1.64. The molecule has 0 N–H and O–H groups in total. The molecule has 0 aliphatic carbocycles. The van der Waals surface area contributed by atoms with Gasteiger partial charge in [-0.2, -0.15) is 13.2 Å². The first-order valence-corrected chi connectivity index (χ1v) is 11.7. The van der Waals surface area contributed by atoms with Crippen LogP contribution in [-0.4, -0.2) is 12.7 Å². The van der Waals surface area contributed by atoms with E-state index in [2.05, 4.69) is 6.92 Å². The van der Waals surface area contributed by atoms with E-state index in [0.717, 1.165) is 55.7 Å². The number of alkyl halides is 2. The second kappa shape index (κ2) is 11.9. The van der Waals surface area contributed by atoms with E-state index < -0.39 is 30.1 Å². The predicted octanol–water partition coefficient (Wildman–Crippen LogP) is 8.37. The van der Waals surface area contributed by atoms with Crippen LogP contribution in [0.3, 0.4) is 0 Å². The van der Waals surface area contributed by atoms with E-state index in [1.165, 1.54) is 18.2 Å². The quantitative estimate of drug-likeness (QED) is 0.194. The number of aryl methyl sites for hydroxylation is 2. The second-order valence-electron chi connectivity index (χ2n) is 8.32. The Kier molecular flexibility index (Phi) is 8.97. The van der Waals surface area contributed by atoms with Crippen LogP contribution in [0.4, 0.5) is 17.6 Å². The van der Waals surface area contributed by atoms with Gasteiger partial charge in [-0.05, 0) is 60.2 Å². The summed E-state index contributed by atoms with van der Waals surface area (Å²) in [5.41, 5.74) is 2.68. The van der Waals surface area contributed by atoms with Gasteiger partial charge in [-0.15, -0.1) is 0 Å². The van der Waals surface area contributed by atoms with Gasteiger partial charge in [0.1, 0.15) is 5.75 Å². The molecule has 0 saturated heterocycles. The molecule has 0 heterocycles. The second-order valence-corrected chi connectivity index (χ2v) is 8.32. The molecule has 0 amide bonds. The molecular formula is C28H30F4O2. The van der Waals surface area contributed by atoms with Crippen molar-refractivity contribution in [2.45, 2.75) is 58.5 Å². The van der Waals surface area contributed by atoms with Gasteiger partial charge in [0, 0.05) is 5.56 Å². The number of hydrogen-bond acceptors (Lipinski definition) is 2. The van der Waals surface area contributed by atoms with Crippen molar-refractivity contribution in [1.82, 2.24) is 0 Å². The Bertz CT molecular complexity index is 1050. The van der Waals surface area contributed by atoms with Crippen LogP contribution in [-0.2, 0) is 12.8 Å². The molecule has 0 atom stereocenters. The zero-order valence-electron chi connectivity index (χ0n) is 19.6. The van der Waals surface area contributed by atoms with Crippen molar-refractivity contribution in [3.05, 3.63) is 83.4 Å². The van der Waals surface area contributed by atoms with Crippen molar-refractivity contribution in [2.24, 2.45) is 0 Å². The Morgan fingerprint density at radius 2 is 1.35 bits per heavy atom. The summed E-state index contributed by atoms with van der Waals surface area (Å²) < 4.78 is 67.3. The van der Waals surface area contributed by atoms with E-state index in [0.29, 0.717) is 5.56 Å². The summed E-state index contributed by atoms with van der Waals surface area (Å²) >= 11 is 0. The van der Waals surface area contributed by atoms with Crippen LogP contribution in [0.25, 0.3) is 11.1 Å². The Morgan fingerprint density at radius 3 is 2.00 bits per heavy atom. The van der Waals surface area contributed by atoms with Gasteiger partial charge in [-0.1, -0.05) is 69.5 Å². The van der Waals surface area contributed by atoms with E-state index in [1.54, 1.807) is 24.3 Å². The van der Waals surface area contributed by atoms with Crippen molar-refractivity contribution >= 4 is 0 Å². The minimum atomic E-state index is -3.72. The molecule has 0 unspecified atom stereocenters. The van der Waals surface area contributed by atoms with Gasteiger partial charge in [-0.25, -0.2) is 4.39 Å². The largest absolute Gasteiger partial charge is 0.480 e. The van der Waals surface area contributed by atoms with Crippen LogP contribution in [0.15, 0.2) is 60.7 Å². The van der Waals surface area contributed by atoms with Crippen molar-refractivity contribution in [2.75, 3.05) is 6.61 Å². The average molecular weight is 475 g/mol. The lowest BCUT2D eigenvalue weighted by atomic mass is 10.0. The Morgan fingerprint density at radius 1 is 0.706 bits per heavy atom. The average Bonchev–Trinajstić information content (AvgIpc) is 2.82. The predicted molar refractivity (Wildman–Crippen MR) is 127 cm³/mol. The van der Waals surface area contributed by atoms with E-state index in [1.807, 2.05) is 19.1 Å². The Labute approximate surface area is 198 Å². The van der Waals surface area contributed by atoms with Crippen LogP contribution < -0.4 is 9.47 Å². The van der Waals surface area contributed by atoms with Gasteiger partial charge in [-0.3, -0.25) is 0 Å². The van der Waals surface area contributed by atoms with E-state index >= 15 is 0 Å². The number of rotatable bonds is 12. The molecule has 0 bridgehead atoms. The molecule has 0 radical (unpaired) electrons. The Hall–Kier alpha value is -3.02. The van der Waals surface area contributed by atoms with Crippen molar-refractivity contribution in [3.63, 3.8) is 0 Å². The highest BCUT2D eigenvalue weighted by Crippen LogP contribution is 2.31. The molecule has 0 aliphatic rings. The van der Waals surface area contributed by atoms with Gasteiger partial charge >= 0.3 is 6.11 Å². The first-order chi connectivity index (χ1) is 16.3. The summed E-state index contributed by atoms with van der Waals surface area (Å²) in [5.74, 6) is -3.09. The maximum absolute atomic E-state index is 14.7. The molecule has 3 aromatic carbocycles. The monoisotopic (exact) mass is 474 g/mol. The van der Waals surface area contributed by atoms with Crippen molar-refractivity contribution in [3.8, 4) is 22.6 Å². The third kappa shape index (κ3) is 6.99. The van der Waals surface area contributed by atoms with Gasteiger partial charge in [0.15, 0.2) is 18.2 Å². The first kappa shape index (κ1) is 25.6. The normalized spacial score (nSPS) is 11.5. The molecular weight excluding hydrogens is 444 g/mol. The van der Waals surface area contributed by atoms with Crippen LogP contribution in [0, 0.1) is 11.6 Å². The highest BCUT2D eigenvalue weighted by Gasteiger charge is 2.34. The van der Waals surface area contributed by atoms with Gasteiger partial charge < -0.3 is 9.47 Å². The third-order valence-corrected chi connectivity index (χ3v) is 5.51. The molecule has 2 nitrogen and oxygen atoms in total. The number of benzene rings is 3. The number of hydrogen-bond donors (Lipinski definition) is 0. The third-order valence-electron chi connectivity index (χ3n) is 5.51. The van der Waals surface area contributed by atoms with Gasteiger partial charge in [0.05, 0.1) is 0 Å². The maximum atomic E-state index is 14.7. The summed E-state index contributed by atoms with van der Waals surface area (Å²) in [6.07, 6.45) is 2.32. The molecule has 6 heteroatoms. The number of ether oxygens (including phenoxy) is 2. The lowest BCUT2D eigenvalue weighted by Crippen LogP contribution is -2.32. The first-order valence-electron chi connectivity index (χ1n) is 11.7. The fraction of sp³-hybridized carbons (Fsp3) is 0.357. The zero-order chi connectivity index (χ0) is 24.6. The van der Waals surface area contributed by atoms with Crippen LogP contribution in [0.1, 0.15) is 50.7 Å². The van der Waals surface area contributed by atoms with E-state index in [4.69, 9.17) is 9.47 Å². The number of unbranched alkanes of at least 4 members (excludes halogenated alkanes) is 2. The molecule has 0 saturated carbocycles. The molecule has 3 rings (SSSR count). The van der Waals surface area contributed by atoms with Crippen LogP contribution in [0.5, 0.6) is 11.5 Å². The highest BCUT2D eigenvalue weighted by molar-refractivity contribution is 5.65. The zero-order valence-corrected chi connectivity index (χ0v) is 19.6. The fourth-order valence-corrected chi connectivity index (χ4v) is 3.67. The van der Waals surface area contributed by atoms with Crippen LogP contribution >= 0.6 is 0 Å². The van der Waals surface area contributed by atoms with Crippen LogP contribution in [0.2, 0.25) is 0 Å². The molecule has 0 aliphatic heterocycles. The SMILES string of the molecule is CCCCCc1ccc(-c2ccc(OCC(F)(F)Oc3ccc(CCC)cc3)c(F)c2F)cc1. The molecule has 0 aromatic heterocycles. The standard InChI is InChI=1S/C28H30F4O2/c1-3-5-6-8-21-9-13-22(14-10-21)24-17-18-25(27(30)26(24)29)33-19-28(31,32)34-23-15-11-20(7-4-2)12-16-23/h9-18H,3-8,19H2,1-2H3. The molecule has 0 fully saturated rings. The van der Waals surface area contributed by atoms with E-state index in [-0.39, 0.29) is 11.3 Å². The maximum Gasteiger partial charge on any atom is 0.432 e. The van der Waals surface area contributed by atoms with Gasteiger partial charge in [0.25, 0.3) is 0 Å². The topological polar surface area (TPSA) is 18.5 Å². The fourth-order valence-electron chi connectivity index (χ4n) is 3.67. The molecule has 34 heavy (non-hydrogen) atoms. The minimum absolute atomic E-state index is 0.0337. The summed E-state index contributed by atoms with van der Waals surface area (Å²) in [5, 5.41) is 0. The van der Waals surface area contributed by atoms with Crippen molar-refractivity contribution in [1.29, 1.82) is 0 Å². The molecule has 3 aromatic rings. The van der Waals surface area contributed by atoms with E-state index in [9.17, 15) is 17.6 Å². The summed E-state index contributed by atoms with van der Waals surface area (Å²) in [6.45, 7) is 2.90. The lowest BCUT2D eigenvalue weighted by Gasteiger charge is -2.19. The minimum Gasteiger partial charge on any atom is -0.480 e. The highest BCUT2D eigenvalue weighted by atomic mass is 19.3. The molecule has 0 spiro atoms. The smallest absolute Gasteiger partial charge is 0.432 e. The summed E-state index contributed by atoms with van der Waals surface area (Å²) in [7, 11) is 0. The van der Waals surface area contributed by atoms with Crippen molar-refractivity contribution < 1.29 is 27.0 Å². The number of halogens is 4. The lowest BCUT2D eigenvalue weighted by molar-refractivity contribution is -0.195.